The second kappa shape index (κ2) is 6.57. The van der Waals surface area contributed by atoms with Crippen LogP contribution in [0.1, 0.15) is 11.3 Å². The number of fused-ring (bicyclic) bond motifs is 1. The highest BCUT2D eigenvalue weighted by molar-refractivity contribution is 5.79. The third kappa shape index (κ3) is 3.72. The van der Waals surface area contributed by atoms with Gasteiger partial charge in [0.2, 0.25) is 0 Å². The van der Waals surface area contributed by atoms with Gasteiger partial charge in [-0.05, 0) is 31.2 Å². The molecular formula is C19H19NO3. The number of aryl methyl sites for hydroxylation is 1. The Bertz CT molecular complexity index is 772. The monoisotopic (exact) mass is 309 g/mol. The van der Waals surface area contributed by atoms with Crippen LogP contribution in [0.5, 0.6) is 5.75 Å². The van der Waals surface area contributed by atoms with E-state index in [1.54, 1.807) is 11.9 Å². The molecule has 0 saturated carbocycles. The standard InChI is InChI=1S/C19H19NO3/c1-14-7-9-16(10-8-14)22-13-19(21)20(2)12-17-11-15-5-3-4-6-18(15)23-17/h3-11H,12-13H2,1-2H3. The molecule has 4 heteroatoms. The molecule has 1 heterocycles. The molecule has 0 aliphatic heterocycles. The van der Waals surface area contributed by atoms with Crippen LogP contribution in [-0.2, 0) is 11.3 Å². The van der Waals surface area contributed by atoms with Crippen molar-refractivity contribution in [2.24, 2.45) is 0 Å². The molecule has 118 valence electrons. The first-order chi connectivity index (χ1) is 11.1. The normalized spacial score (nSPS) is 10.7. The van der Waals surface area contributed by atoms with E-state index in [0.717, 1.165) is 22.3 Å². The fraction of sp³-hybridized carbons (Fsp3) is 0.211. The second-order valence-electron chi connectivity index (χ2n) is 5.60. The van der Waals surface area contributed by atoms with Crippen molar-refractivity contribution in [3.8, 4) is 5.75 Å². The maximum atomic E-state index is 12.2. The SMILES string of the molecule is Cc1ccc(OCC(=O)N(C)Cc2cc3ccccc3o2)cc1. The Labute approximate surface area is 135 Å². The minimum Gasteiger partial charge on any atom is -0.484 e. The molecule has 0 saturated heterocycles. The average Bonchev–Trinajstić information content (AvgIpc) is 2.96. The lowest BCUT2D eigenvalue weighted by atomic mass is 10.2. The summed E-state index contributed by atoms with van der Waals surface area (Å²) in [6.07, 6.45) is 0. The van der Waals surface area contributed by atoms with Crippen LogP contribution in [0.25, 0.3) is 11.0 Å². The zero-order valence-electron chi connectivity index (χ0n) is 13.3. The van der Waals surface area contributed by atoms with Gasteiger partial charge in [-0.25, -0.2) is 0 Å². The Balaban J connectivity index is 1.57. The average molecular weight is 309 g/mol. The van der Waals surface area contributed by atoms with Gasteiger partial charge < -0.3 is 14.1 Å². The number of para-hydroxylation sites is 1. The lowest BCUT2D eigenvalue weighted by molar-refractivity contribution is -0.132. The fourth-order valence-electron chi connectivity index (χ4n) is 2.33. The molecule has 23 heavy (non-hydrogen) atoms. The quantitative estimate of drug-likeness (QED) is 0.720. The number of hydrogen-bond acceptors (Lipinski definition) is 3. The van der Waals surface area contributed by atoms with Crippen LogP contribution < -0.4 is 4.74 Å². The van der Waals surface area contributed by atoms with Crippen LogP contribution in [-0.4, -0.2) is 24.5 Å². The van der Waals surface area contributed by atoms with Crippen LogP contribution in [0.2, 0.25) is 0 Å². The van der Waals surface area contributed by atoms with Crippen LogP contribution >= 0.6 is 0 Å². The summed E-state index contributed by atoms with van der Waals surface area (Å²) in [5.74, 6) is 1.37. The van der Waals surface area contributed by atoms with Gasteiger partial charge >= 0.3 is 0 Å². The van der Waals surface area contributed by atoms with E-state index >= 15 is 0 Å². The van der Waals surface area contributed by atoms with Gasteiger partial charge in [0.05, 0.1) is 6.54 Å². The Morgan fingerprint density at radius 2 is 1.87 bits per heavy atom. The van der Waals surface area contributed by atoms with E-state index < -0.39 is 0 Å². The Kier molecular flexibility index (Phi) is 4.33. The summed E-state index contributed by atoms with van der Waals surface area (Å²) in [5.41, 5.74) is 1.99. The molecule has 0 fully saturated rings. The molecule has 1 aromatic heterocycles. The molecule has 0 aliphatic carbocycles. The lowest BCUT2D eigenvalue weighted by Gasteiger charge is -2.16. The summed E-state index contributed by atoms with van der Waals surface area (Å²) in [5, 5.41) is 1.04. The van der Waals surface area contributed by atoms with Crippen LogP contribution in [0.15, 0.2) is 59.0 Å². The predicted octanol–water partition coefficient (Wildman–Crippen LogP) is 3.78. The predicted molar refractivity (Wildman–Crippen MR) is 89.4 cm³/mol. The molecule has 0 aliphatic rings. The van der Waals surface area contributed by atoms with Crippen molar-refractivity contribution in [1.82, 2.24) is 4.90 Å². The number of nitrogens with zero attached hydrogens (tertiary/aromatic N) is 1. The van der Waals surface area contributed by atoms with E-state index in [2.05, 4.69) is 0 Å². The lowest BCUT2D eigenvalue weighted by Crippen LogP contribution is -2.30. The van der Waals surface area contributed by atoms with E-state index in [4.69, 9.17) is 9.15 Å². The molecule has 3 aromatic rings. The van der Waals surface area contributed by atoms with Crippen LogP contribution in [0.4, 0.5) is 0 Å². The Morgan fingerprint density at radius 3 is 2.61 bits per heavy atom. The maximum absolute atomic E-state index is 12.2. The zero-order valence-corrected chi connectivity index (χ0v) is 13.3. The van der Waals surface area contributed by atoms with Gasteiger partial charge in [0, 0.05) is 12.4 Å². The Morgan fingerprint density at radius 1 is 1.13 bits per heavy atom. The largest absolute Gasteiger partial charge is 0.484 e. The highest BCUT2D eigenvalue weighted by Crippen LogP contribution is 2.19. The number of carbonyl (C=O) groups excluding carboxylic acids is 1. The summed E-state index contributed by atoms with van der Waals surface area (Å²) >= 11 is 0. The van der Waals surface area contributed by atoms with E-state index in [1.165, 1.54) is 0 Å². The number of furan rings is 1. The van der Waals surface area contributed by atoms with E-state index in [9.17, 15) is 4.79 Å². The van der Waals surface area contributed by atoms with Crippen molar-refractivity contribution in [2.45, 2.75) is 13.5 Å². The summed E-state index contributed by atoms with van der Waals surface area (Å²) in [6.45, 7) is 2.45. The molecule has 0 bridgehead atoms. The summed E-state index contributed by atoms with van der Waals surface area (Å²) in [7, 11) is 1.74. The first-order valence-corrected chi connectivity index (χ1v) is 7.53. The molecule has 4 nitrogen and oxygen atoms in total. The van der Waals surface area contributed by atoms with Crippen molar-refractivity contribution in [3.63, 3.8) is 0 Å². The van der Waals surface area contributed by atoms with Gasteiger partial charge in [-0.1, -0.05) is 35.9 Å². The molecule has 0 N–H and O–H groups in total. The molecule has 2 aromatic carbocycles. The van der Waals surface area contributed by atoms with Crippen molar-refractivity contribution in [2.75, 3.05) is 13.7 Å². The van der Waals surface area contributed by atoms with Crippen molar-refractivity contribution in [1.29, 1.82) is 0 Å². The van der Waals surface area contributed by atoms with Crippen molar-refractivity contribution >= 4 is 16.9 Å². The van der Waals surface area contributed by atoms with Gasteiger partial charge in [0.15, 0.2) is 6.61 Å². The van der Waals surface area contributed by atoms with E-state index in [0.29, 0.717) is 12.3 Å². The summed E-state index contributed by atoms with van der Waals surface area (Å²) in [4.78, 5) is 13.8. The van der Waals surface area contributed by atoms with Gasteiger partial charge in [-0.3, -0.25) is 4.79 Å². The van der Waals surface area contributed by atoms with Crippen molar-refractivity contribution in [3.05, 3.63) is 65.9 Å². The smallest absolute Gasteiger partial charge is 0.260 e. The third-order valence-electron chi connectivity index (χ3n) is 3.68. The van der Waals surface area contributed by atoms with E-state index in [1.807, 2.05) is 61.5 Å². The molecule has 0 radical (unpaired) electrons. The number of amides is 1. The van der Waals surface area contributed by atoms with Crippen LogP contribution in [0, 0.1) is 6.92 Å². The van der Waals surface area contributed by atoms with Gasteiger partial charge in [0.1, 0.15) is 17.1 Å². The Hall–Kier alpha value is -2.75. The van der Waals surface area contributed by atoms with Gasteiger partial charge in [0.25, 0.3) is 5.91 Å². The van der Waals surface area contributed by atoms with Gasteiger partial charge in [-0.15, -0.1) is 0 Å². The second-order valence-corrected chi connectivity index (χ2v) is 5.60. The summed E-state index contributed by atoms with van der Waals surface area (Å²) in [6, 6.07) is 17.4. The van der Waals surface area contributed by atoms with E-state index in [-0.39, 0.29) is 12.5 Å². The summed E-state index contributed by atoms with van der Waals surface area (Å²) < 4.78 is 11.2. The number of rotatable bonds is 5. The number of carbonyl (C=O) groups is 1. The molecule has 3 rings (SSSR count). The van der Waals surface area contributed by atoms with Gasteiger partial charge in [-0.2, -0.15) is 0 Å². The molecule has 1 amide bonds. The first kappa shape index (κ1) is 15.2. The fourth-order valence-corrected chi connectivity index (χ4v) is 2.33. The highest BCUT2D eigenvalue weighted by atomic mass is 16.5. The zero-order chi connectivity index (χ0) is 16.2. The molecule has 0 atom stereocenters. The number of likely N-dealkylation sites (N-methyl/N-ethyl adjacent to an activating group) is 1. The van der Waals surface area contributed by atoms with Crippen molar-refractivity contribution < 1.29 is 13.9 Å². The minimum absolute atomic E-state index is 0.0137. The first-order valence-electron chi connectivity index (χ1n) is 7.53. The number of hydrogen-bond donors (Lipinski definition) is 0. The third-order valence-corrected chi connectivity index (χ3v) is 3.68. The molecular weight excluding hydrogens is 290 g/mol. The van der Waals surface area contributed by atoms with Crippen LogP contribution in [0.3, 0.4) is 0 Å². The minimum atomic E-state index is -0.0916. The maximum Gasteiger partial charge on any atom is 0.260 e. The molecule has 0 spiro atoms. The topological polar surface area (TPSA) is 42.7 Å². The molecule has 0 unspecified atom stereocenters. The number of ether oxygens (including phenoxy) is 1. The number of benzene rings is 2. The highest BCUT2D eigenvalue weighted by Gasteiger charge is 2.13.